The lowest BCUT2D eigenvalue weighted by atomic mass is 9.61. The highest BCUT2D eigenvalue weighted by Crippen LogP contribution is 2.46. The van der Waals surface area contributed by atoms with Crippen LogP contribution < -0.4 is 5.32 Å². The number of esters is 1. The first-order valence-corrected chi connectivity index (χ1v) is 11.1. The van der Waals surface area contributed by atoms with Crippen LogP contribution in [0.2, 0.25) is 5.28 Å². The van der Waals surface area contributed by atoms with Crippen LogP contribution in [-0.4, -0.2) is 29.1 Å². The maximum atomic E-state index is 12.5. The molecule has 0 saturated heterocycles. The predicted molar refractivity (Wildman–Crippen MR) is 120 cm³/mol. The molecule has 1 aromatic carbocycles. The van der Waals surface area contributed by atoms with Crippen LogP contribution in [0.25, 0.3) is 11.3 Å². The third kappa shape index (κ3) is 4.18. The Balaban J connectivity index is 1.61. The average Bonchev–Trinajstić information content (AvgIpc) is 2.73. The lowest BCUT2D eigenvalue weighted by Gasteiger charge is -2.47. The van der Waals surface area contributed by atoms with Gasteiger partial charge < -0.3 is 10.1 Å². The fourth-order valence-corrected chi connectivity index (χ4v) is 5.27. The number of hydrogen-bond acceptors (Lipinski definition) is 5. The zero-order chi connectivity index (χ0) is 21.5. The number of halogens is 1. The quantitative estimate of drug-likeness (QED) is 0.516. The summed E-state index contributed by atoms with van der Waals surface area (Å²) in [6.07, 6.45) is 4.46. The van der Waals surface area contributed by atoms with E-state index in [1.165, 1.54) is 12.7 Å². The molecule has 2 aromatic rings. The van der Waals surface area contributed by atoms with Crippen molar-refractivity contribution in [1.29, 1.82) is 0 Å². The van der Waals surface area contributed by atoms with E-state index in [0.717, 1.165) is 36.9 Å². The van der Waals surface area contributed by atoms with Crippen molar-refractivity contribution in [2.45, 2.75) is 57.9 Å². The summed E-state index contributed by atoms with van der Waals surface area (Å²) in [5.74, 6) is 1.23. The Morgan fingerprint density at radius 1 is 1.07 bits per heavy atom. The predicted octanol–water partition coefficient (Wildman–Crippen LogP) is 5.48. The van der Waals surface area contributed by atoms with Gasteiger partial charge in [0.15, 0.2) is 0 Å². The number of fused-ring (bicyclic) bond motifs is 3. The fourth-order valence-electron chi connectivity index (χ4n) is 5.08. The van der Waals surface area contributed by atoms with Crippen molar-refractivity contribution in [3.63, 3.8) is 0 Å². The minimum absolute atomic E-state index is 0.0204. The number of benzene rings is 1. The second-order valence-electron chi connectivity index (χ2n) is 9.63. The lowest BCUT2D eigenvalue weighted by molar-refractivity contribution is -0.152. The molecule has 2 unspecified atom stereocenters. The molecule has 1 aromatic heterocycles. The second kappa shape index (κ2) is 8.18. The smallest absolute Gasteiger partial charge is 0.311 e. The molecule has 0 aliphatic heterocycles. The number of nitrogens with zero attached hydrogens (tertiary/aromatic N) is 2. The van der Waals surface area contributed by atoms with Crippen molar-refractivity contribution < 1.29 is 9.53 Å². The first-order chi connectivity index (χ1) is 14.3. The number of ether oxygens (including phenoxy) is 1. The normalized spacial score (nSPS) is 25.8. The molecule has 30 heavy (non-hydrogen) atoms. The van der Waals surface area contributed by atoms with Gasteiger partial charge in [-0.15, -0.1) is 0 Å². The first kappa shape index (κ1) is 21.1. The van der Waals surface area contributed by atoms with E-state index in [0.29, 0.717) is 17.7 Å². The van der Waals surface area contributed by atoms with E-state index >= 15 is 0 Å². The Labute approximate surface area is 183 Å². The molecule has 6 heteroatoms. The number of carbonyl (C=O) groups is 1. The molecule has 3 aliphatic rings. The van der Waals surface area contributed by atoms with Crippen molar-refractivity contribution in [1.82, 2.24) is 9.97 Å². The van der Waals surface area contributed by atoms with Gasteiger partial charge >= 0.3 is 5.97 Å². The fraction of sp³-hybridized carbons (Fsp3) is 0.542. The zero-order valence-corrected chi connectivity index (χ0v) is 18.9. The van der Waals surface area contributed by atoms with Crippen molar-refractivity contribution in [3.8, 4) is 11.3 Å². The van der Waals surface area contributed by atoms with Crippen LogP contribution in [0.15, 0.2) is 30.3 Å². The van der Waals surface area contributed by atoms with E-state index in [-0.39, 0.29) is 28.6 Å². The molecule has 0 amide bonds. The monoisotopic (exact) mass is 427 g/mol. The van der Waals surface area contributed by atoms with E-state index in [1.807, 2.05) is 6.07 Å². The third-order valence-electron chi connectivity index (χ3n) is 6.75. The molecule has 2 bridgehead atoms. The van der Waals surface area contributed by atoms with Crippen molar-refractivity contribution >= 4 is 23.4 Å². The lowest BCUT2D eigenvalue weighted by Crippen LogP contribution is -2.51. The van der Waals surface area contributed by atoms with Gasteiger partial charge in [-0.05, 0) is 60.1 Å². The topological polar surface area (TPSA) is 64.1 Å². The number of aromatic nitrogens is 2. The molecule has 3 aliphatic carbocycles. The molecule has 3 fully saturated rings. The highest BCUT2D eigenvalue weighted by molar-refractivity contribution is 6.28. The molecule has 0 spiro atoms. The molecule has 2 atom stereocenters. The molecule has 160 valence electrons. The second-order valence-corrected chi connectivity index (χ2v) is 9.97. The van der Waals surface area contributed by atoms with E-state index in [9.17, 15) is 4.79 Å². The third-order valence-corrected chi connectivity index (χ3v) is 6.92. The van der Waals surface area contributed by atoms with E-state index in [2.05, 4.69) is 60.3 Å². The average molecular weight is 428 g/mol. The van der Waals surface area contributed by atoms with Gasteiger partial charge in [0.1, 0.15) is 5.82 Å². The highest BCUT2D eigenvalue weighted by atomic mass is 35.5. The maximum Gasteiger partial charge on any atom is 0.311 e. The van der Waals surface area contributed by atoms with Crippen LogP contribution in [0, 0.1) is 17.8 Å². The number of rotatable bonds is 4. The molecule has 5 rings (SSSR count). The molecule has 1 heterocycles. The maximum absolute atomic E-state index is 12.5. The summed E-state index contributed by atoms with van der Waals surface area (Å²) < 4.78 is 5.13. The van der Waals surface area contributed by atoms with E-state index in [1.54, 1.807) is 0 Å². The zero-order valence-electron chi connectivity index (χ0n) is 18.1. The Kier molecular flexibility index (Phi) is 5.75. The van der Waals surface area contributed by atoms with Crippen LogP contribution in [-0.2, 0) is 14.9 Å². The van der Waals surface area contributed by atoms with Crippen molar-refractivity contribution in [2.75, 3.05) is 12.4 Å². The molecule has 0 radical (unpaired) electrons. The molecule has 5 nitrogen and oxygen atoms in total. The van der Waals surface area contributed by atoms with E-state index < -0.39 is 0 Å². The number of anilines is 1. The van der Waals surface area contributed by atoms with Crippen LogP contribution in [0.1, 0.15) is 52.0 Å². The SMILES string of the molecule is COC(=O)C1C2CCC(CC2)C1Nc1cc(-c2ccc(C(C)(C)C)cc2)nc(Cl)n1. The highest BCUT2D eigenvalue weighted by Gasteiger charge is 2.47. The summed E-state index contributed by atoms with van der Waals surface area (Å²) in [4.78, 5) is 21.3. The van der Waals surface area contributed by atoms with Crippen molar-refractivity contribution in [3.05, 3.63) is 41.2 Å². The summed E-state index contributed by atoms with van der Waals surface area (Å²) in [6.45, 7) is 6.59. The Morgan fingerprint density at radius 2 is 1.70 bits per heavy atom. The van der Waals surface area contributed by atoms with Crippen LogP contribution in [0.4, 0.5) is 5.82 Å². The van der Waals surface area contributed by atoms with Crippen LogP contribution in [0.3, 0.4) is 0 Å². The molecular weight excluding hydrogens is 398 g/mol. The number of methoxy groups -OCH3 is 1. The number of nitrogens with one attached hydrogen (secondary N) is 1. The Morgan fingerprint density at radius 3 is 2.30 bits per heavy atom. The van der Waals surface area contributed by atoms with Gasteiger partial charge in [0.2, 0.25) is 5.28 Å². The summed E-state index contributed by atoms with van der Waals surface area (Å²) in [5.41, 5.74) is 3.13. The van der Waals surface area contributed by atoms with E-state index in [4.69, 9.17) is 16.3 Å². The van der Waals surface area contributed by atoms with Crippen molar-refractivity contribution in [2.24, 2.45) is 17.8 Å². The summed E-state index contributed by atoms with van der Waals surface area (Å²) >= 11 is 6.27. The standard InChI is InChI=1S/C24H30ClN3O2/c1-24(2,3)17-11-9-14(10-12-17)18-13-19(28-23(25)26-18)27-21-16-7-5-15(6-8-16)20(21)22(29)30-4/h9-13,15-16,20-21H,5-8H2,1-4H3,(H,26,27,28). The first-order valence-electron chi connectivity index (χ1n) is 10.8. The Hall–Kier alpha value is -2.14. The van der Waals surface area contributed by atoms with Gasteiger partial charge in [0.25, 0.3) is 0 Å². The number of carbonyl (C=O) groups excluding carboxylic acids is 1. The Bertz CT molecular complexity index is 915. The minimum atomic E-state index is -0.134. The van der Waals surface area contributed by atoms with Gasteiger partial charge in [-0.25, -0.2) is 9.97 Å². The molecule has 1 N–H and O–H groups in total. The minimum Gasteiger partial charge on any atom is -0.469 e. The van der Waals surface area contributed by atoms with Gasteiger partial charge in [-0.1, -0.05) is 45.0 Å². The summed E-state index contributed by atoms with van der Waals surface area (Å²) in [7, 11) is 1.47. The molecule has 3 saturated carbocycles. The number of hydrogen-bond donors (Lipinski definition) is 1. The largest absolute Gasteiger partial charge is 0.469 e. The van der Waals surface area contributed by atoms with Gasteiger partial charge in [0.05, 0.1) is 18.7 Å². The summed E-state index contributed by atoms with van der Waals surface area (Å²) in [6, 6.07) is 10.4. The molecular formula is C24H30ClN3O2. The van der Waals surface area contributed by atoms with Crippen LogP contribution in [0.5, 0.6) is 0 Å². The van der Waals surface area contributed by atoms with Gasteiger partial charge in [0, 0.05) is 17.7 Å². The summed E-state index contributed by atoms with van der Waals surface area (Å²) in [5, 5.41) is 3.73. The van der Waals surface area contributed by atoms with Gasteiger partial charge in [-0.3, -0.25) is 4.79 Å². The van der Waals surface area contributed by atoms with Gasteiger partial charge in [-0.2, -0.15) is 0 Å². The van der Waals surface area contributed by atoms with Crippen LogP contribution >= 0.6 is 11.6 Å².